The first-order valence-electron chi connectivity index (χ1n) is 4.74. The number of hydrogen-bond donors (Lipinski definition) is 1. The fraction of sp³-hybridized carbons (Fsp3) is 0.417. The van der Waals surface area contributed by atoms with Crippen LogP contribution < -0.4 is 0 Å². The van der Waals surface area contributed by atoms with Gasteiger partial charge in [0.05, 0.1) is 0 Å². The lowest BCUT2D eigenvalue weighted by Gasteiger charge is -2.01. The molecule has 1 N–H and O–H groups in total. The summed E-state index contributed by atoms with van der Waals surface area (Å²) in [6, 6.07) is 0. The molecule has 0 amide bonds. The molecule has 0 aliphatic heterocycles. The molecule has 0 aliphatic rings. The van der Waals surface area contributed by atoms with Crippen LogP contribution in [0.5, 0.6) is 0 Å². The van der Waals surface area contributed by atoms with E-state index in [2.05, 4.69) is 32.6 Å². The van der Waals surface area contributed by atoms with Crippen molar-refractivity contribution >= 4 is 6.21 Å². The minimum Gasteiger partial charge on any atom is -0.313 e. The second kappa shape index (κ2) is 7.53. The first-order chi connectivity index (χ1) is 6.26. The summed E-state index contributed by atoms with van der Waals surface area (Å²) in [5.74, 6) is 0. The summed E-state index contributed by atoms with van der Waals surface area (Å²) >= 11 is 0. The highest BCUT2D eigenvalue weighted by atomic mass is 14.3. The lowest BCUT2D eigenvalue weighted by Crippen LogP contribution is -1.82. The SMILES string of the molecule is C=CC(=CCCC=N)C(C)=CCC. The standard InChI is InChI=1S/C12H19N/c1-4-8-11(3)12(5-2)9-6-7-10-13/h5,8-10,13H,2,4,6-7H2,1,3H3. The van der Waals surface area contributed by atoms with Crippen LogP contribution in [0.3, 0.4) is 0 Å². The Morgan fingerprint density at radius 3 is 2.46 bits per heavy atom. The summed E-state index contributed by atoms with van der Waals surface area (Å²) in [4.78, 5) is 0. The minimum absolute atomic E-state index is 0.816. The van der Waals surface area contributed by atoms with E-state index in [0.29, 0.717) is 0 Å². The van der Waals surface area contributed by atoms with Gasteiger partial charge in [-0.2, -0.15) is 0 Å². The van der Waals surface area contributed by atoms with Gasteiger partial charge in [0.15, 0.2) is 0 Å². The van der Waals surface area contributed by atoms with Gasteiger partial charge in [-0.3, -0.25) is 0 Å². The van der Waals surface area contributed by atoms with Gasteiger partial charge in [0.25, 0.3) is 0 Å². The first kappa shape index (κ1) is 11.9. The molecule has 1 heteroatoms. The van der Waals surface area contributed by atoms with Gasteiger partial charge in [-0.1, -0.05) is 31.7 Å². The second-order valence-electron chi connectivity index (χ2n) is 2.94. The normalized spacial score (nSPS) is 12.8. The zero-order valence-electron chi connectivity index (χ0n) is 8.64. The van der Waals surface area contributed by atoms with E-state index in [4.69, 9.17) is 5.41 Å². The Morgan fingerprint density at radius 2 is 2.00 bits per heavy atom. The van der Waals surface area contributed by atoms with Gasteiger partial charge >= 0.3 is 0 Å². The summed E-state index contributed by atoms with van der Waals surface area (Å²) in [6.45, 7) is 8.00. The Morgan fingerprint density at radius 1 is 1.31 bits per heavy atom. The molecule has 0 saturated carbocycles. The Bertz CT molecular complexity index is 221. The van der Waals surface area contributed by atoms with Crippen molar-refractivity contribution in [1.82, 2.24) is 0 Å². The zero-order valence-corrected chi connectivity index (χ0v) is 8.64. The van der Waals surface area contributed by atoms with Gasteiger partial charge in [0.1, 0.15) is 0 Å². The number of unbranched alkanes of at least 4 members (excludes halogenated alkanes) is 1. The molecule has 0 saturated heterocycles. The van der Waals surface area contributed by atoms with Crippen molar-refractivity contribution in [3.05, 3.63) is 36.0 Å². The fourth-order valence-corrected chi connectivity index (χ4v) is 1.15. The third kappa shape index (κ3) is 5.18. The van der Waals surface area contributed by atoms with Crippen LogP contribution in [0, 0.1) is 5.41 Å². The smallest absolute Gasteiger partial charge is 0.00447 e. The molecule has 0 bridgehead atoms. The largest absolute Gasteiger partial charge is 0.313 e. The van der Waals surface area contributed by atoms with Gasteiger partial charge < -0.3 is 5.41 Å². The molecular weight excluding hydrogens is 158 g/mol. The van der Waals surface area contributed by atoms with Crippen LogP contribution in [0.15, 0.2) is 36.0 Å². The predicted octanol–water partition coefficient (Wildman–Crippen LogP) is 3.88. The fourth-order valence-electron chi connectivity index (χ4n) is 1.15. The van der Waals surface area contributed by atoms with Gasteiger partial charge in [-0.25, -0.2) is 0 Å². The van der Waals surface area contributed by atoms with Crippen molar-refractivity contribution in [2.75, 3.05) is 0 Å². The molecule has 0 radical (unpaired) electrons. The predicted molar refractivity (Wildman–Crippen MR) is 60.3 cm³/mol. The Labute approximate surface area is 81.4 Å². The van der Waals surface area contributed by atoms with Crippen molar-refractivity contribution < 1.29 is 0 Å². The third-order valence-corrected chi connectivity index (χ3v) is 1.86. The van der Waals surface area contributed by atoms with Crippen molar-refractivity contribution in [3.63, 3.8) is 0 Å². The highest BCUT2D eigenvalue weighted by Gasteiger charge is 1.92. The van der Waals surface area contributed by atoms with E-state index in [1.165, 1.54) is 17.4 Å². The average Bonchev–Trinajstić information content (AvgIpc) is 2.13. The first-order valence-corrected chi connectivity index (χ1v) is 4.74. The molecule has 0 rings (SSSR count). The highest BCUT2D eigenvalue weighted by molar-refractivity contribution is 5.53. The maximum atomic E-state index is 6.90. The maximum absolute atomic E-state index is 6.90. The second-order valence-corrected chi connectivity index (χ2v) is 2.94. The van der Waals surface area contributed by atoms with Crippen molar-refractivity contribution in [2.24, 2.45) is 0 Å². The van der Waals surface area contributed by atoms with E-state index in [9.17, 15) is 0 Å². The number of hydrogen-bond acceptors (Lipinski definition) is 1. The molecule has 0 unspecified atom stereocenters. The molecule has 0 aromatic carbocycles. The Kier molecular flexibility index (Phi) is 6.89. The van der Waals surface area contributed by atoms with E-state index in [1.54, 1.807) is 0 Å². The summed E-state index contributed by atoms with van der Waals surface area (Å²) in [6.07, 6.45) is 10.5. The molecule has 0 aromatic heterocycles. The quantitative estimate of drug-likeness (QED) is 0.361. The van der Waals surface area contributed by atoms with Crippen molar-refractivity contribution in [3.8, 4) is 0 Å². The van der Waals surface area contributed by atoms with Crippen LogP contribution in [0.25, 0.3) is 0 Å². The average molecular weight is 177 g/mol. The zero-order chi connectivity index (χ0) is 10.1. The summed E-state index contributed by atoms with van der Waals surface area (Å²) < 4.78 is 0. The van der Waals surface area contributed by atoms with Gasteiger partial charge in [-0.15, -0.1) is 0 Å². The van der Waals surface area contributed by atoms with Crippen LogP contribution in [0.2, 0.25) is 0 Å². The van der Waals surface area contributed by atoms with Crippen molar-refractivity contribution in [2.45, 2.75) is 33.1 Å². The third-order valence-electron chi connectivity index (χ3n) is 1.86. The van der Waals surface area contributed by atoms with E-state index in [1.807, 2.05) is 6.08 Å². The number of rotatable bonds is 6. The maximum Gasteiger partial charge on any atom is -0.00447 e. The van der Waals surface area contributed by atoms with E-state index in [0.717, 1.165) is 19.3 Å². The monoisotopic (exact) mass is 177 g/mol. The Hall–Kier alpha value is -1.11. The van der Waals surface area contributed by atoms with Gasteiger partial charge in [0.2, 0.25) is 0 Å². The molecule has 1 nitrogen and oxygen atoms in total. The molecule has 0 fully saturated rings. The minimum atomic E-state index is 0.816. The number of nitrogens with one attached hydrogen (secondary N) is 1. The van der Waals surface area contributed by atoms with E-state index in [-0.39, 0.29) is 0 Å². The topological polar surface area (TPSA) is 23.9 Å². The summed E-state index contributed by atoms with van der Waals surface area (Å²) in [7, 11) is 0. The summed E-state index contributed by atoms with van der Waals surface area (Å²) in [5.41, 5.74) is 2.48. The molecule has 0 atom stereocenters. The molecule has 0 spiro atoms. The Balaban J connectivity index is 4.30. The highest BCUT2D eigenvalue weighted by Crippen LogP contribution is 2.12. The molecule has 13 heavy (non-hydrogen) atoms. The number of allylic oxidation sites excluding steroid dienone is 5. The lowest BCUT2D eigenvalue weighted by molar-refractivity contribution is 1.09. The van der Waals surface area contributed by atoms with Crippen LogP contribution in [-0.4, -0.2) is 6.21 Å². The molecular formula is C12H19N. The molecule has 0 heterocycles. The van der Waals surface area contributed by atoms with Crippen LogP contribution in [-0.2, 0) is 0 Å². The van der Waals surface area contributed by atoms with Crippen molar-refractivity contribution in [1.29, 1.82) is 5.41 Å². The molecule has 0 aliphatic carbocycles. The lowest BCUT2D eigenvalue weighted by atomic mass is 10.1. The van der Waals surface area contributed by atoms with E-state index >= 15 is 0 Å². The van der Waals surface area contributed by atoms with Crippen LogP contribution >= 0.6 is 0 Å². The van der Waals surface area contributed by atoms with Crippen LogP contribution in [0.4, 0.5) is 0 Å². The van der Waals surface area contributed by atoms with Gasteiger partial charge in [-0.05, 0) is 43.5 Å². The summed E-state index contributed by atoms with van der Waals surface area (Å²) in [5, 5.41) is 6.90. The molecule has 72 valence electrons. The van der Waals surface area contributed by atoms with Crippen LogP contribution in [0.1, 0.15) is 33.1 Å². The van der Waals surface area contributed by atoms with E-state index < -0.39 is 0 Å². The molecule has 0 aromatic rings. The van der Waals surface area contributed by atoms with Gasteiger partial charge in [0, 0.05) is 0 Å².